The zero-order valence-electron chi connectivity index (χ0n) is 11.2. The second-order valence-corrected chi connectivity index (χ2v) is 7.05. The molecule has 1 aromatic heterocycles. The summed E-state index contributed by atoms with van der Waals surface area (Å²) in [6, 6.07) is 1.82. The van der Waals surface area contributed by atoms with Crippen molar-refractivity contribution in [3.05, 3.63) is 20.8 Å². The molecule has 0 aromatic carbocycles. The molecule has 6 heteroatoms. The SMILES string of the molecule is O=C(NCC1(C(=O)O)CCCCCC1)c1sccc1Br. The first-order valence-electron chi connectivity index (χ1n) is 6.80. The largest absolute Gasteiger partial charge is 0.481 e. The molecular weight excluding hydrogens is 342 g/mol. The van der Waals surface area contributed by atoms with Crippen LogP contribution in [-0.4, -0.2) is 23.5 Å². The van der Waals surface area contributed by atoms with Gasteiger partial charge < -0.3 is 10.4 Å². The standard InChI is InChI=1S/C14H18BrNO3S/c15-10-5-8-20-11(10)12(17)16-9-14(13(18)19)6-3-1-2-4-7-14/h5,8H,1-4,6-7,9H2,(H,16,17)(H,18,19). The fourth-order valence-electron chi connectivity index (χ4n) is 2.66. The highest BCUT2D eigenvalue weighted by molar-refractivity contribution is 9.10. The van der Waals surface area contributed by atoms with Gasteiger partial charge in [0.25, 0.3) is 5.91 Å². The van der Waals surface area contributed by atoms with E-state index >= 15 is 0 Å². The van der Waals surface area contributed by atoms with Crippen molar-refractivity contribution >= 4 is 39.1 Å². The monoisotopic (exact) mass is 359 g/mol. The predicted octanol–water partition coefficient (Wildman–Crippen LogP) is 3.67. The van der Waals surface area contributed by atoms with Crippen molar-refractivity contribution < 1.29 is 14.7 Å². The molecule has 0 unspecified atom stereocenters. The Kier molecular flexibility index (Phi) is 5.21. The molecule has 2 rings (SSSR count). The van der Waals surface area contributed by atoms with Crippen molar-refractivity contribution in [3.8, 4) is 0 Å². The number of carbonyl (C=O) groups excluding carboxylic acids is 1. The summed E-state index contributed by atoms with van der Waals surface area (Å²) in [7, 11) is 0. The van der Waals surface area contributed by atoms with E-state index in [2.05, 4.69) is 21.2 Å². The number of carboxylic acids is 1. The molecule has 1 amide bonds. The third kappa shape index (κ3) is 3.41. The summed E-state index contributed by atoms with van der Waals surface area (Å²) >= 11 is 4.67. The van der Waals surface area contributed by atoms with E-state index in [4.69, 9.17) is 0 Å². The Bertz CT molecular complexity index is 492. The average molecular weight is 360 g/mol. The Hall–Kier alpha value is -0.880. The zero-order chi connectivity index (χ0) is 14.6. The smallest absolute Gasteiger partial charge is 0.311 e. The van der Waals surface area contributed by atoms with Crippen LogP contribution in [-0.2, 0) is 4.79 Å². The topological polar surface area (TPSA) is 66.4 Å². The zero-order valence-corrected chi connectivity index (χ0v) is 13.6. The van der Waals surface area contributed by atoms with E-state index in [0.717, 1.165) is 30.2 Å². The van der Waals surface area contributed by atoms with Gasteiger partial charge in [0, 0.05) is 11.0 Å². The van der Waals surface area contributed by atoms with Gasteiger partial charge in [-0.3, -0.25) is 9.59 Å². The maximum Gasteiger partial charge on any atom is 0.311 e. The number of carbonyl (C=O) groups is 2. The Morgan fingerprint density at radius 3 is 2.45 bits per heavy atom. The fourth-order valence-corrected chi connectivity index (χ4v) is 4.12. The average Bonchev–Trinajstić information content (AvgIpc) is 2.71. The summed E-state index contributed by atoms with van der Waals surface area (Å²) < 4.78 is 0.755. The number of hydrogen-bond donors (Lipinski definition) is 2. The molecule has 1 aliphatic carbocycles. The number of halogens is 1. The quantitative estimate of drug-likeness (QED) is 0.806. The molecule has 1 aromatic rings. The normalized spacial score (nSPS) is 18.2. The Balaban J connectivity index is 2.04. The maximum atomic E-state index is 12.1. The first-order chi connectivity index (χ1) is 9.55. The summed E-state index contributed by atoms with van der Waals surface area (Å²) in [5.74, 6) is -0.985. The molecule has 0 radical (unpaired) electrons. The van der Waals surface area contributed by atoms with Gasteiger partial charge in [-0.15, -0.1) is 11.3 Å². The second-order valence-electron chi connectivity index (χ2n) is 5.28. The molecule has 0 bridgehead atoms. The molecule has 1 fully saturated rings. The third-order valence-electron chi connectivity index (χ3n) is 3.93. The molecule has 110 valence electrons. The van der Waals surface area contributed by atoms with Gasteiger partial charge >= 0.3 is 5.97 Å². The van der Waals surface area contributed by atoms with Crippen LogP contribution in [0.4, 0.5) is 0 Å². The summed E-state index contributed by atoms with van der Waals surface area (Å²) in [5.41, 5.74) is -0.796. The van der Waals surface area contributed by atoms with E-state index in [1.165, 1.54) is 11.3 Å². The van der Waals surface area contributed by atoms with Crippen molar-refractivity contribution in [1.29, 1.82) is 0 Å². The lowest BCUT2D eigenvalue weighted by atomic mass is 9.80. The van der Waals surface area contributed by atoms with Gasteiger partial charge in [0.1, 0.15) is 4.88 Å². The van der Waals surface area contributed by atoms with E-state index in [-0.39, 0.29) is 12.5 Å². The van der Waals surface area contributed by atoms with Gasteiger partial charge in [-0.05, 0) is 40.2 Å². The second kappa shape index (κ2) is 6.72. The molecule has 1 heterocycles. The van der Waals surface area contributed by atoms with Gasteiger partial charge in [0.15, 0.2) is 0 Å². The molecule has 2 N–H and O–H groups in total. The van der Waals surface area contributed by atoms with Crippen LogP contribution in [0.15, 0.2) is 15.9 Å². The molecule has 1 aliphatic rings. The summed E-state index contributed by atoms with van der Waals surface area (Å²) in [4.78, 5) is 24.3. The number of aliphatic carboxylic acids is 1. The van der Waals surface area contributed by atoms with E-state index in [9.17, 15) is 14.7 Å². The van der Waals surface area contributed by atoms with Gasteiger partial charge in [0.2, 0.25) is 0 Å². The molecule has 0 spiro atoms. The van der Waals surface area contributed by atoms with E-state index in [1.807, 2.05) is 11.4 Å². The minimum absolute atomic E-state index is 0.197. The van der Waals surface area contributed by atoms with Crippen molar-refractivity contribution in [3.63, 3.8) is 0 Å². The molecule has 0 saturated heterocycles. The Morgan fingerprint density at radius 1 is 1.30 bits per heavy atom. The van der Waals surface area contributed by atoms with Crippen molar-refractivity contribution in [2.45, 2.75) is 38.5 Å². The Labute approximate surface area is 130 Å². The Morgan fingerprint density at radius 2 is 1.95 bits per heavy atom. The van der Waals surface area contributed by atoms with Crippen LogP contribution in [0.25, 0.3) is 0 Å². The van der Waals surface area contributed by atoms with Gasteiger partial charge in [-0.1, -0.05) is 25.7 Å². The predicted molar refractivity (Wildman–Crippen MR) is 82.1 cm³/mol. The first kappa shape index (κ1) is 15.5. The van der Waals surface area contributed by atoms with Crippen LogP contribution in [0, 0.1) is 5.41 Å². The van der Waals surface area contributed by atoms with Crippen LogP contribution < -0.4 is 5.32 Å². The summed E-state index contributed by atoms with van der Waals surface area (Å²) in [6.07, 6.45) is 5.30. The fraction of sp³-hybridized carbons (Fsp3) is 0.571. The highest BCUT2D eigenvalue weighted by atomic mass is 79.9. The maximum absolute atomic E-state index is 12.1. The molecular formula is C14H18BrNO3S. The van der Waals surface area contributed by atoms with Crippen molar-refractivity contribution in [2.24, 2.45) is 5.41 Å². The third-order valence-corrected chi connectivity index (χ3v) is 5.76. The lowest BCUT2D eigenvalue weighted by molar-refractivity contribution is -0.149. The molecule has 1 saturated carbocycles. The van der Waals surface area contributed by atoms with Crippen LogP contribution in [0.2, 0.25) is 0 Å². The minimum Gasteiger partial charge on any atom is -0.481 e. The lowest BCUT2D eigenvalue weighted by Gasteiger charge is -2.28. The van der Waals surface area contributed by atoms with Crippen LogP contribution in [0.5, 0.6) is 0 Å². The van der Waals surface area contributed by atoms with E-state index < -0.39 is 11.4 Å². The van der Waals surface area contributed by atoms with Crippen LogP contribution in [0.1, 0.15) is 48.2 Å². The molecule has 4 nitrogen and oxygen atoms in total. The number of carboxylic acid groups (broad SMARTS) is 1. The number of nitrogens with one attached hydrogen (secondary N) is 1. The first-order valence-corrected chi connectivity index (χ1v) is 8.47. The molecule has 0 atom stereocenters. The highest BCUT2D eigenvalue weighted by Crippen LogP contribution is 2.35. The number of thiophene rings is 1. The van der Waals surface area contributed by atoms with Crippen LogP contribution in [0.3, 0.4) is 0 Å². The number of hydrogen-bond acceptors (Lipinski definition) is 3. The molecule has 20 heavy (non-hydrogen) atoms. The molecule has 0 aliphatic heterocycles. The van der Waals surface area contributed by atoms with Crippen LogP contribution >= 0.6 is 27.3 Å². The van der Waals surface area contributed by atoms with E-state index in [0.29, 0.717) is 17.7 Å². The lowest BCUT2D eigenvalue weighted by Crippen LogP contribution is -2.42. The van der Waals surface area contributed by atoms with E-state index in [1.54, 1.807) is 0 Å². The van der Waals surface area contributed by atoms with Gasteiger partial charge in [-0.2, -0.15) is 0 Å². The van der Waals surface area contributed by atoms with Crippen molar-refractivity contribution in [2.75, 3.05) is 6.54 Å². The minimum atomic E-state index is -0.796. The number of amides is 1. The van der Waals surface area contributed by atoms with Gasteiger partial charge in [-0.25, -0.2) is 0 Å². The summed E-state index contributed by atoms with van der Waals surface area (Å²) in [5, 5.41) is 14.2. The number of rotatable bonds is 4. The van der Waals surface area contributed by atoms with Gasteiger partial charge in [0.05, 0.1) is 5.41 Å². The van der Waals surface area contributed by atoms with Crippen molar-refractivity contribution in [1.82, 2.24) is 5.32 Å². The highest BCUT2D eigenvalue weighted by Gasteiger charge is 2.39. The summed E-state index contributed by atoms with van der Waals surface area (Å²) in [6.45, 7) is 0.214.